The van der Waals surface area contributed by atoms with Gasteiger partial charge in [-0.1, -0.05) is 18.2 Å². The molecule has 0 saturated carbocycles. The molecule has 1 fully saturated rings. The van der Waals surface area contributed by atoms with Crippen molar-refractivity contribution in [2.45, 2.75) is 39.3 Å². The normalized spacial score (nSPS) is 15.3. The molecule has 4 rings (SSSR count). The Morgan fingerprint density at radius 1 is 1.23 bits per heavy atom. The second-order valence-electron chi connectivity index (χ2n) is 8.08. The van der Waals surface area contributed by atoms with Crippen LogP contribution in [-0.2, 0) is 20.9 Å². The van der Waals surface area contributed by atoms with Gasteiger partial charge in [0.25, 0.3) is 0 Å². The molecule has 10 heteroatoms. The number of ether oxygens (including phenoxy) is 3. The molecule has 1 aliphatic rings. The molecule has 0 bridgehead atoms. The number of thiophene rings is 1. The van der Waals surface area contributed by atoms with Crippen molar-refractivity contribution in [3.05, 3.63) is 52.5 Å². The van der Waals surface area contributed by atoms with Gasteiger partial charge in [0, 0.05) is 24.7 Å². The first-order valence-corrected chi connectivity index (χ1v) is 12.2. The van der Waals surface area contributed by atoms with Crippen LogP contribution in [0.2, 0.25) is 0 Å². The van der Waals surface area contributed by atoms with E-state index in [-0.39, 0.29) is 18.1 Å². The summed E-state index contributed by atoms with van der Waals surface area (Å²) < 4.78 is 16.0. The number of esters is 1. The first-order valence-electron chi connectivity index (χ1n) is 11.4. The van der Waals surface area contributed by atoms with Crippen molar-refractivity contribution in [2.75, 3.05) is 25.6 Å². The fourth-order valence-electron chi connectivity index (χ4n) is 4.15. The van der Waals surface area contributed by atoms with Crippen LogP contribution in [-0.4, -0.2) is 54.2 Å². The number of fused-ring (bicyclic) bond motifs is 1. The Morgan fingerprint density at radius 2 is 2.00 bits per heavy atom. The summed E-state index contributed by atoms with van der Waals surface area (Å²) in [5.41, 5.74) is 1.89. The average Bonchev–Trinajstić information content (AvgIpc) is 3.46. The SMILES string of the molecule is CCOC(=O)c1sc2nc(C)cc(COC)c2c1NC(=O)[C@H]1CCCN1C(=O)Oc1ccccc1. The van der Waals surface area contributed by atoms with Crippen molar-refractivity contribution >= 4 is 45.2 Å². The Morgan fingerprint density at radius 3 is 2.71 bits per heavy atom. The minimum Gasteiger partial charge on any atom is -0.462 e. The number of benzene rings is 1. The highest BCUT2D eigenvalue weighted by atomic mass is 32.1. The zero-order valence-corrected chi connectivity index (χ0v) is 20.6. The van der Waals surface area contributed by atoms with Crippen LogP contribution in [0.3, 0.4) is 0 Å². The summed E-state index contributed by atoms with van der Waals surface area (Å²) >= 11 is 1.16. The van der Waals surface area contributed by atoms with E-state index >= 15 is 0 Å². The van der Waals surface area contributed by atoms with Gasteiger partial charge in [0.2, 0.25) is 5.91 Å². The summed E-state index contributed by atoms with van der Waals surface area (Å²) in [6.45, 7) is 4.45. The number of nitrogens with zero attached hydrogens (tertiary/aromatic N) is 2. The largest absolute Gasteiger partial charge is 0.462 e. The van der Waals surface area contributed by atoms with Gasteiger partial charge in [-0.3, -0.25) is 9.69 Å². The Kier molecular flexibility index (Phi) is 7.62. The Bertz CT molecular complexity index is 1240. The fourth-order valence-corrected chi connectivity index (χ4v) is 5.27. The maximum Gasteiger partial charge on any atom is 0.415 e. The standard InChI is InChI=1S/C25H27N3O6S/c1-4-33-24(30)21-20(19-16(14-32-3)13-15(2)26-23(19)35-21)27-22(29)18-11-8-12-28(18)25(31)34-17-9-6-5-7-10-17/h5-7,9-10,13,18H,4,8,11-12,14H2,1-3H3,(H,27,29)/t18-/m1/s1. The maximum atomic E-state index is 13.4. The highest BCUT2D eigenvalue weighted by Crippen LogP contribution is 2.39. The smallest absolute Gasteiger partial charge is 0.415 e. The molecule has 0 unspecified atom stereocenters. The molecule has 1 saturated heterocycles. The van der Waals surface area contributed by atoms with E-state index in [1.165, 1.54) is 4.90 Å². The third-order valence-corrected chi connectivity index (χ3v) is 6.68. The first-order chi connectivity index (χ1) is 16.9. The van der Waals surface area contributed by atoms with Crippen LogP contribution in [0.1, 0.15) is 40.7 Å². The highest BCUT2D eigenvalue weighted by molar-refractivity contribution is 7.21. The summed E-state index contributed by atoms with van der Waals surface area (Å²) in [7, 11) is 1.58. The van der Waals surface area contributed by atoms with E-state index in [0.717, 1.165) is 22.6 Å². The number of hydrogen-bond acceptors (Lipinski definition) is 8. The van der Waals surface area contributed by atoms with Crippen molar-refractivity contribution in [1.82, 2.24) is 9.88 Å². The summed E-state index contributed by atoms with van der Waals surface area (Å²) in [5, 5.41) is 3.54. The number of carbonyl (C=O) groups is 3. The molecule has 2 aromatic heterocycles. The van der Waals surface area contributed by atoms with Gasteiger partial charge in [0.1, 0.15) is 21.5 Å². The number of aryl methyl sites for hydroxylation is 1. The van der Waals surface area contributed by atoms with Gasteiger partial charge < -0.3 is 19.5 Å². The molecule has 1 aliphatic heterocycles. The monoisotopic (exact) mass is 497 g/mol. The maximum absolute atomic E-state index is 13.4. The predicted octanol–water partition coefficient (Wildman–Crippen LogP) is 4.53. The molecule has 0 aliphatic carbocycles. The van der Waals surface area contributed by atoms with Crippen LogP contribution in [0.4, 0.5) is 10.5 Å². The number of rotatable bonds is 7. The number of hydrogen-bond donors (Lipinski definition) is 1. The molecular formula is C25H27N3O6S. The minimum atomic E-state index is -0.736. The predicted molar refractivity (Wildman–Crippen MR) is 132 cm³/mol. The zero-order chi connectivity index (χ0) is 24.9. The van der Waals surface area contributed by atoms with Crippen LogP contribution in [0.15, 0.2) is 36.4 Å². The van der Waals surface area contributed by atoms with Gasteiger partial charge >= 0.3 is 12.1 Å². The molecule has 1 aromatic carbocycles. The van der Waals surface area contributed by atoms with E-state index in [4.69, 9.17) is 14.2 Å². The molecule has 3 heterocycles. The molecule has 2 amide bonds. The van der Waals surface area contributed by atoms with Crippen molar-refractivity contribution < 1.29 is 28.6 Å². The van der Waals surface area contributed by atoms with Gasteiger partial charge in [-0.2, -0.15) is 0 Å². The number of carbonyl (C=O) groups excluding carboxylic acids is 3. The van der Waals surface area contributed by atoms with E-state index in [9.17, 15) is 14.4 Å². The third kappa shape index (κ3) is 5.28. The van der Waals surface area contributed by atoms with E-state index in [0.29, 0.717) is 41.0 Å². The highest BCUT2D eigenvalue weighted by Gasteiger charge is 2.36. The van der Waals surface area contributed by atoms with Crippen LogP contribution < -0.4 is 10.1 Å². The molecule has 184 valence electrons. The number of anilines is 1. The van der Waals surface area contributed by atoms with Gasteiger partial charge in [-0.15, -0.1) is 11.3 Å². The number of amides is 2. The van der Waals surface area contributed by atoms with E-state index in [1.807, 2.05) is 19.1 Å². The third-order valence-electron chi connectivity index (χ3n) is 5.62. The number of nitrogens with one attached hydrogen (secondary N) is 1. The van der Waals surface area contributed by atoms with Gasteiger partial charge in [0.15, 0.2) is 0 Å². The lowest BCUT2D eigenvalue weighted by molar-refractivity contribution is -0.119. The average molecular weight is 498 g/mol. The van der Waals surface area contributed by atoms with Crippen LogP contribution in [0.5, 0.6) is 5.75 Å². The van der Waals surface area contributed by atoms with Crippen LogP contribution in [0.25, 0.3) is 10.2 Å². The number of likely N-dealkylation sites (tertiary alicyclic amines) is 1. The van der Waals surface area contributed by atoms with Crippen molar-refractivity contribution in [3.8, 4) is 5.75 Å². The topological polar surface area (TPSA) is 107 Å². The van der Waals surface area contributed by atoms with Gasteiger partial charge in [-0.25, -0.2) is 14.6 Å². The molecule has 3 aromatic rings. The Balaban J connectivity index is 1.65. The van der Waals surface area contributed by atoms with Gasteiger partial charge in [0.05, 0.1) is 18.9 Å². The molecular weight excluding hydrogens is 470 g/mol. The summed E-state index contributed by atoms with van der Waals surface area (Å²) in [6, 6.07) is 9.84. The van der Waals surface area contributed by atoms with Crippen molar-refractivity contribution in [3.63, 3.8) is 0 Å². The van der Waals surface area contributed by atoms with E-state index < -0.39 is 24.0 Å². The first kappa shape index (κ1) is 24.6. The molecule has 35 heavy (non-hydrogen) atoms. The summed E-state index contributed by atoms with van der Waals surface area (Å²) in [5.74, 6) is -0.539. The fraction of sp³-hybridized carbons (Fsp3) is 0.360. The van der Waals surface area contributed by atoms with E-state index in [1.54, 1.807) is 38.3 Å². The van der Waals surface area contributed by atoms with Crippen molar-refractivity contribution in [1.29, 1.82) is 0 Å². The minimum absolute atomic E-state index is 0.194. The lowest BCUT2D eigenvalue weighted by Gasteiger charge is -2.23. The molecule has 1 N–H and O–H groups in total. The lowest BCUT2D eigenvalue weighted by Crippen LogP contribution is -2.44. The number of para-hydroxylation sites is 1. The number of pyridine rings is 1. The zero-order valence-electron chi connectivity index (χ0n) is 19.8. The molecule has 9 nitrogen and oxygen atoms in total. The summed E-state index contributed by atoms with van der Waals surface area (Å²) in [4.78, 5) is 45.8. The van der Waals surface area contributed by atoms with Crippen LogP contribution in [0, 0.1) is 6.92 Å². The van der Waals surface area contributed by atoms with Gasteiger partial charge in [-0.05, 0) is 50.5 Å². The second-order valence-corrected chi connectivity index (χ2v) is 9.08. The number of methoxy groups -OCH3 is 1. The summed E-state index contributed by atoms with van der Waals surface area (Å²) in [6.07, 6.45) is 0.550. The Hall–Kier alpha value is -3.50. The Labute approximate surface area is 207 Å². The van der Waals surface area contributed by atoms with E-state index in [2.05, 4.69) is 10.3 Å². The quantitative estimate of drug-likeness (QED) is 0.478. The van der Waals surface area contributed by atoms with Crippen LogP contribution >= 0.6 is 11.3 Å². The molecule has 0 spiro atoms. The second kappa shape index (κ2) is 10.8. The molecule has 1 atom stereocenters. The van der Waals surface area contributed by atoms with Crippen molar-refractivity contribution in [2.24, 2.45) is 0 Å². The lowest BCUT2D eigenvalue weighted by atomic mass is 10.1. The molecule has 0 radical (unpaired) electrons. The number of aromatic nitrogens is 1.